The van der Waals surface area contributed by atoms with Crippen LogP contribution < -0.4 is 10.1 Å². The summed E-state index contributed by atoms with van der Waals surface area (Å²) in [6.45, 7) is 2.10. The van der Waals surface area contributed by atoms with Crippen LogP contribution in [-0.2, 0) is 22.7 Å². The molecule has 0 aliphatic rings. The highest BCUT2D eigenvalue weighted by atomic mass is 19.1. The van der Waals surface area contributed by atoms with Crippen LogP contribution in [-0.4, -0.2) is 19.1 Å². The van der Waals surface area contributed by atoms with E-state index in [9.17, 15) is 9.18 Å². The highest BCUT2D eigenvalue weighted by Gasteiger charge is 2.14. The topological polar surface area (TPSA) is 47.6 Å². The Morgan fingerprint density at radius 2 is 2.00 bits per heavy atom. The summed E-state index contributed by atoms with van der Waals surface area (Å²) in [5.74, 6) is 0.122. The number of methoxy groups -OCH3 is 1. The summed E-state index contributed by atoms with van der Waals surface area (Å²) in [5, 5.41) is 2.67. The standard InChI is InChI=1S/C18H20FNO3/c1-13(23-12-14-6-5-8-16(10-14)22-2)18(21)20-11-15-7-3-4-9-17(15)19/h3-10,13H,11-12H2,1-2H3,(H,20,21)/t13-/m1/s1. The molecule has 0 saturated carbocycles. The molecule has 2 aromatic rings. The van der Waals surface area contributed by atoms with E-state index in [-0.39, 0.29) is 18.3 Å². The minimum atomic E-state index is -0.632. The lowest BCUT2D eigenvalue weighted by Gasteiger charge is -2.14. The Balaban J connectivity index is 1.81. The van der Waals surface area contributed by atoms with Gasteiger partial charge in [0, 0.05) is 12.1 Å². The Labute approximate surface area is 135 Å². The molecule has 122 valence electrons. The molecule has 1 N–H and O–H groups in total. The van der Waals surface area contributed by atoms with E-state index < -0.39 is 6.10 Å². The van der Waals surface area contributed by atoms with Gasteiger partial charge in [0.1, 0.15) is 17.7 Å². The average Bonchev–Trinajstić information content (AvgIpc) is 2.58. The number of nitrogens with one attached hydrogen (secondary N) is 1. The summed E-state index contributed by atoms with van der Waals surface area (Å²) < 4.78 is 24.2. The van der Waals surface area contributed by atoms with Crippen molar-refractivity contribution >= 4 is 5.91 Å². The number of carbonyl (C=O) groups excluding carboxylic acids is 1. The van der Waals surface area contributed by atoms with Gasteiger partial charge in [-0.05, 0) is 30.7 Å². The van der Waals surface area contributed by atoms with Crippen LogP contribution in [0.15, 0.2) is 48.5 Å². The molecular formula is C18H20FNO3. The average molecular weight is 317 g/mol. The van der Waals surface area contributed by atoms with Crippen molar-refractivity contribution in [3.05, 3.63) is 65.5 Å². The number of ether oxygens (including phenoxy) is 2. The van der Waals surface area contributed by atoms with E-state index in [1.54, 1.807) is 32.2 Å². The van der Waals surface area contributed by atoms with Gasteiger partial charge in [-0.15, -0.1) is 0 Å². The number of amides is 1. The molecule has 1 amide bonds. The highest BCUT2D eigenvalue weighted by Crippen LogP contribution is 2.14. The first-order valence-corrected chi connectivity index (χ1v) is 7.36. The number of hydrogen-bond donors (Lipinski definition) is 1. The normalized spacial score (nSPS) is 11.8. The van der Waals surface area contributed by atoms with Crippen molar-refractivity contribution in [2.75, 3.05) is 7.11 Å². The molecule has 2 aromatic carbocycles. The molecule has 0 spiro atoms. The van der Waals surface area contributed by atoms with Gasteiger partial charge >= 0.3 is 0 Å². The number of rotatable bonds is 7. The van der Waals surface area contributed by atoms with Gasteiger partial charge in [0.2, 0.25) is 5.91 Å². The van der Waals surface area contributed by atoms with E-state index in [0.29, 0.717) is 12.2 Å². The highest BCUT2D eigenvalue weighted by molar-refractivity contribution is 5.80. The number of carbonyl (C=O) groups is 1. The number of halogens is 1. The predicted octanol–water partition coefficient (Wildman–Crippen LogP) is 3.06. The molecule has 0 aliphatic heterocycles. The van der Waals surface area contributed by atoms with Crippen LogP contribution in [0.3, 0.4) is 0 Å². The van der Waals surface area contributed by atoms with Crippen molar-refractivity contribution in [3.63, 3.8) is 0 Å². The molecule has 0 heterocycles. The third-order valence-electron chi connectivity index (χ3n) is 3.41. The second kappa shape index (κ2) is 8.29. The van der Waals surface area contributed by atoms with Crippen LogP contribution in [0.2, 0.25) is 0 Å². The summed E-state index contributed by atoms with van der Waals surface area (Å²) in [7, 11) is 1.60. The molecule has 4 nitrogen and oxygen atoms in total. The fraction of sp³-hybridized carbons (Fsp3) is 0.278. The molecule has 5 heteroatoms. The smallest absolute Gasteiger partial charge is 0.249 e. The van der Waals surface area contributed by atoms with Gasteiger partial charge in [0.25, 0.3) is 0 Å². The minimum absolute atomic E-state index is 0.137. The lowest BCUT2D eigenvalue weighted by molar-refractivity contribution is -0.132. The van der Waals surface area contributed by atoms with Gasteiger partial charge in [-0.1, -0.05) is 30.3 Å². The number of benzene rings is 2. The summed E-state index contributed by atoms with van der Waals surface area (Å²) in [5.41, 5.74) is 1.36. The second-order valence-corrected chi connectivity index (χ2v) is 5.11. The van der Waals surface area contributed by atoms with Crippen molar-refractivity contribution in [1.82, 2.24) is 5.32 Å². The van der Waals surface area contributed by atoms with Crippen molar-refractivity contribution in [3.8, 4) is 5.75 Å². The van der Waals surface area contributed by atoms with Crippen molar-refractivity contribution in [1.29, 1.82) is 0 Å². The van der Waals surface area contributed by atoms with Gasteiger partial charge < -0.3 is 14.8 Å². The minimum Gasteiger partial charge on any atom is -0.497 e. The second-order valence-electron chi connectivity index (χ2n) is 5.11. The zero-order valence-corrected chi connectivity index (χ0v) is 13.2. The van der Waals surface area contributed by atoms with E-state index in [2.05, 4.69) is 5.32 Å². The van der Waals surface area contributed by atoms with Crippen molar-refractivity contribution in [2.45, 2.75) is 26.2 Å². The first-order valence-electron chi connectivity index (χ1n) is 7.36. The van der Waals surface area contributed by atoms with Gasteiger partial charge in [-0.25, -0.2) is 4.39 Å². The fourth-order valence-corrected chi connectivity index (χ4v) is 2.03. The Morgan fingerprint density at radius 3 is 2.74 bits per heavy atom. The zero-order chi connectivity index (χ0) is 16.7. The quantitative estimate of drug-likeness (QED) is 0.854. The molecule has 0 saturated heterocycles. The Hall–Kier alpha value is -2.40. The van der Waals surface area contributed by atoms with E-state index in [4.69, 9.17) is 9.47 Å². The summed E-state index contributed by atoms with van der Waals surface area (Å²) in [6.07, 6.45) is -0.632. The molecule has 23 heavy (non-hydrogen) atoms. The summed E-state index contributed by atoms with van der Waals surface area (Å²) >= 11 is 0. The van der Waals surface area contributed by atoms with Crippen LogP contribution in [0.1, 0.15) is 18.1 Å². The van der Waals surface area contributed by atoms with Crippen molar-refractivity contribution in [2.24, 2.45) is 0 Å². The first kappa shape index (κ1) is 17.0. The predicted molar refractivity (Wildman–Crippen MR) is 85.5 cm³/mol. The van der Waals surface area contributed by atoms with Gasteiger partial charge in [0.15, 0.2) is 0 Å². The molecule has 0 radical (unpaired) electrons. The van der Waals surface area contributed by atoms with E-state index in [0.717, 1.165) is 11.3 Å². The maximum atomic E-state index is 13.5. The van der Waals surface area contributed by atoms with Crippen LogP contribution >= 0.6 is 0 Å². The summed E-state index contributed by atoms with van der Waals surface area (Å²) in [4.78, 5) is 12.0. The largest absolute Gasteiger partial charge is 0.497 e. The SMILES string of the molecule is COc1cccc(CO[C@H](C)C(=O)NCc2ccccc2F)c1. The zero-order valence-electron chi connectivity index (χ0n) is 13.2. The lowest BCUT2D eigenvalue weighted by atomic mass is 10.2. The summed E-state index contributed by atoms with van der Waals surface area (Å²) in [6, 6.07) is 13.8. The third-order valence-corrected chi connectivity index (χ3v) is 3.41. The van der Waals surface area contributed by atoms with Gasteiger partial charge in [0.05, 0.1) is 13.7 Å². The van der Waals surface area contributed by atoms with Crippen LogP contribution in [0.5, 0.6) is 5.75 Å². The molecule has 0 fully saturated rings. The van der Waals surface area contributed by atoms with Crippen LogP contribution in [0.4, 0.5) is 4.39 Å². The molecule has 0 aliphatic carbocycles. The van der Waals surface area contributed by atoms with Crippen LogP contribution in [0.25, 0.3) is 0 Å². The molecule has 2 rings (SSSR count). The maximum Gasteiger partial charge on any atom is 0.249 e. The molecular weight excluding hydrogens is 297 g/mol. The first-order chi connectivity index (χ1) is 11.1. The Kier molecular flexibility index (Phi) is 6.11. The monoisotopic (exact) mass is 317 g/mol. The lowest BCUT2D eigenvalue weighted by Crippen LogP contribution is -2.34. The molecule has 0 aromatic heterocycles. The van der Waals surface area contributed by atoms with Crippen LogP contribution in [0, 0.1) is 5.82 Å². The molecule has 1 atom stereocenters. The molecule has 0 bridgehead atoms. The van der Waals surface area contributed by atoms with E-state index >= 15 is 0 Å². The van der Waals surface area contributed by atoms with Gasteiger partial charge in [-0.2, -0.15) is 0 Å². The van der Waals surface area contributed by atoms with Gasteiger partial charge in [-0.3, -0.25) is 4.79 Å². The van der Waals surface area contributed by atoms with Crippen molar-refractivity contribution < 1.29 is 18.7 Å². The van der Waals surface area contributed by atoms with E-state index in [1.807, 2.05) is 24.3 Å². The maximum absolute atomic E-state index is 13.5. The fourth-order valence-electron chi connectivity index (χ4n) is 2.03. The molecule has 0 unspecified atom stereocenters. The third kappa shape index (κ3) is 5.07. The Bertz CT molecular complexity index is 660. The number of hydrogen-bond acceptors (Lipinski definition) is 3. The Morgan fingerprint density at radius 1 is 1.22 bits per heavy atom. The van der Waals surface area contributed by atoms with E-state index in [1.165, 1.54) is 6.07 Å².